The first-order valence-corrected chi connectivity index (χ1v) is 4.22. The third kappa shape index (κ3) is 2.15. The van der Waals surface area contributed by atoms with E-state index in [1.54, 1.807) is 0 Å². The summed E-state index contributed by atoms with van der Waals surface area (Å²) < 4.78 is 0. The van der Waals surface area contributed by atoms with E-state index in [9.17, 15) is 5.11 Å². The van der Waals surface area contributed by atoms with Gasteiger partial charge in [0.2, 0.25) is 0 Å². The average Bonchev–Trinajstić information content (AvgIpc) is 2.53. The highest BCUT2D eigenvalue weighted by molar-refractivity contribution is 4.79. The van der Waals surface area contributed by atoms with Crippen LogP contribution in [0.5, 0.6) is 0 Å². The predicted octanol–water partition coefficient (Wildman–Crippen LogP) is -0.109. The lowest BCUT2D eigenvalue weighted by Crippen LogP contribution is -2.34. The largest absolute Gasteiger partial charge is 0.394 e. The average molecular weight is 160 g/mol. The summed E-state index contributed by atoms with van der Waals surface area (Å²) in [5.74, 6) is 0.206. The molecule has 0 aromatic rings. The predicted molar refractivity (Wildman–Crippen MR) is 41.1 cm³/mol. The van der Waals surface area contributed by atoms with Crippen LogP contribution in [0, 0.1) is 5.92 Å². The van der Waals surface area contributed by atoms with Gasteiger partial charge in [0.15, 0.2) is 0 Å². The van der Waals surface area contributed by atoms with E-state index in [2.05, 4.69) is 0 Å². The number of hydrogen-bond acceptors (Lipinski definition) is 3. The van der Waals surface area contributed by atoms with Crippen LogP contribution < -0.4 is 0 Å². The number of rotatable bonds is 3. The molecule has 0 saturated heterocycles. The van der Waals surface area contributed by atoms with Crippen LogP contribution in [-0.4, -0.2) is 34.1 Å². The van der Waals surface area contributed by atoms with Crippen LogP contribution in [-0.2, 0) is 0 Å². The molecule has 66 valence electrons. The van der Waals surface area contributed by atoms with Crippen molar-refractivity contribution < 1.29 is 15.3 Å². The minimum atomic E-state index is -0.946. The second kappa shape index (κ2) is 4.04. The van der Waals surface area contributed by atoms with E-state index in [-0.39, 0.29) is 12.5 Å². The highest BCUT2D eigenvalue weighted by Gasteiger charge is 2.27. The van der Waals surface area contributed by atoms with E-state index in [0.29, 0.717) is 0 Å². The van der Waals surface area contributed by atoms with Crippen molar-refractivity contribution in [3.05, 3.63) is 0 Å². The Morgan fingerprint density at radius 2 is 1.73 bits per heavy atom. The van der Waals surface area contributed by atoms with Crippen molar-refractivity contribution in [3.8, 4) is 0 Å². The molecule has 0 radical (unpaired) electrons. The van der Waals surface area contributed by atoms with E-state index < -0.39 is 12.2 Å². The van der Waals surface area contributed by atoms with Crippen LogP contribution in [0.15, 0.2) is 0 Å². The van der Waals surface area contributed by atoms with E-state index in [4.69, 9.17) is 10.2 Å². The van der Waals surface area contributed by atoms with Gasteiger partial charge < -0.3 is 15.3 Å². The molecule has 1 aliphatic rings. The fourth-order valence-corrected chi connectivity index (χ4v) is 1.72. The highest BCUT2D eigenvalue weighted by atomic mass is 16.4. The lowest BCUT2D eigenvalue weighted by atomic mass is 9.97. The Labute approximate surface area is 66.7 Å². The third-order valence-electron chi connectivity index (χ3n) is 2.46. The van der Waals surface area contributed by atoms with Crippen molar-refractivity contribution in [2.75, 3.05) is 6.61 Å². The fourth-order valence-electron chi connectivity index (χ4n) is 1.72. The molecular formula is C8H16O3. The van der Waals surface area contributed by atoms with Gasteiger partial charge in [0.25, 0.3) is 0 Å². The molecule has 0 spiro atoms. The third-order valence-corrected chi connectivity index (χ3v) is 2.46. The standard InChI is InChI=1S/C8H16O3/c9-5-7(10)8(11)6-3-1-2-4-6/h6-11H,1-5H2. The molecule has 0 aliphatic heterocycles. The zero-order chi connectivity index (χ0) is 8.27. The van der Waals surface area contributed by atoms with Crippen LogP contribution in [0.3, 0.4) is 0 Å². The van der Waals surface area contributed by atoms with Gasteiger partial charge in [-0.2, -0.15) is 0 Å². The van der Waals surface area contributed by atoms with Gasteiger partial charge in [-0.25, -0.2) is 0 Å². The smallest absolute Gasteiger partial charge is 0.103 e. The zero-order valence-corrected chi connectivity index (χ0v) is 6.61. The summed E-state index contributed by atoms with van der Waals surface area (Å²) in [4.78, 5) is 0. The van der Waals surface area contributed by atoms with Crippen LogP contribution in [0.2, 0.25) is 0 Å². The molecule has 0 aromatic heterocycles. The van der Waals surface area contributed by atoms with Crippen LogP contribution in [0.4, 0.5) is 0 Å². The van der Waals surface area contributed by atoms with Gasteiger partial charge in [0.1, 0.15) is 6.10 Å². The quantitative estimate of drug-likeness (QED) is 0.540. The first-order valence-electron chi connectivity index (χ1n) is 4.22. The van der Waals surface area contributed by atoms with Crippen molar-refractivity contribution >= 4 is 0 Å². The summed E-state index contributed by atoms with van der Waals surface area (Å²) in [7, 11) is 0. The van der Waals surface area contributed by atoms with Crippen LogP contribution in [0.1, 0.15) is 25.7 Å². The number of aliphatic hydroxyl groups excluding tert-OH is 3. The van der Waals surface area contributed by atoms with Crippen LogP contribution in [0.25, 0.3) is 0 Å². The molecule has 1 saturated carbocycles. The van der Waals surface area contributed by atoms with E-state index in [1.807, 2.05) is 0 Å². The van der Waals surface area contributed by atoms with Gasteiger partial charge in [-0.1, -0.05) is 12.8 Å². The number of aliphatic hydroxyl groups is 3. The molecule has 0 amide bonds. The van der Waals surface area contributed by atoms with Crippen molar-refractivity contribution in [2.24, 2.45) is 5.92 Å². The summed E-state index contributed by atoms with van der Waals surface area (Å²) in [5.41, 5.74) is 0. The van der Waals surface area contributed by atoms with Crippen molar-refractivity contribution in [2.45, 2.75) is 37.9 Å². The molecule has 1 fully saturated rings. The van der Waals surface area contributed by atoms with E-state index >= 15 is 0 Å². The lowest BCUT2D eigenvalue weighted by Gasteiger charge is -2.21. The van der Waals surface area contributed by atoms with Crippen molar-refractivity contribution in [3.63, 3.8) is 0 Å². The second-order valence-electron chi connectivity index (χ2n) is 3.29. The molecular weight excluding hydrogens is 144 g/mol. The molecule has 0 aromatic carbocycles. The maximum atomic E-state index is 9.41. The normalized spacial score (nSPS) is 25.4. The Morgan fingerprint density at radius 3 is 2.18 bits per heavy atom. The van der Waals surface area contributed by atoms with Gasteiger partial charge in [0, 0.05) is 0 Å². The Balaban J connectivity index is 2.32. The van der Waals surface area contributed by atoms with Crippen molar-refractivity contribution in [1.82, 2.24) is 0 Å². The monoisotopic (exact) mass is 160 g/mol. The highest BCUT2D eigenvalue weighted by Crippen LogP contribution is 2.28. The van der Waals surface area contributed by atoms with Gasteiger partial charge in [0.05, 0.1) is 12.7 Å². The first kappa shape index (κ1) is 8.97. The Bertz CT molecular complexity index is 110. The Kier molecular flexibility index (Phi) is 3.30. The molecule has 11 heavy (non-hydrogen) atoms. The van der Waals surface area contributed by atoms with Crippen molar-refractivity contribution in [1.29, 1.82) is 0 Å². The van der Waals surface area contributed by atoms with Gasteiger partial charge in [-0.05, 0) is 18.8 Å². The SMILES string of the molecule is OCC(O)C(O)C1CCCC1. The molecule has 2 unspecified atom stereocenters. The molecule has 3 nitrogen and oxygen atoms in total. The molecule has 3 N–H and O–H groups in total. The molecule has 1 rings (SSSR count). The van der Waals surface area contributed by atoms with Gasteiger partial charge >= 0.3 is 0 Å². The Hall–Kier alpha value is -0.120. The molecule has 3 heteroatoms. The van der Waals surface area contributed by atoms with E-state index in [1.165, 1.54) is 0 Å². The second-order valence-corrected chi connectivity index (χ2v) is 3.29. The summed E-state index contributed by atoms with van der Waals surface area (Å²) >= 11 is 0. The minimum absolute atomic E-state index is 0.206. The zero-order valence-electron chi connectivity index (χ0n) is 6.61. The summed E-state index contributed by atoms with van der Waals surface area (Å²) in [6, 6.07) is 0. The number of hydrogen-bond donors (Lipinski definition) is 3. The topological polar surface area (TPSA) is 60.7 Å². The summed E-state index contributed by atoms with van der Waals surface area (Å²) in [5, 5.41) is 27.0. The minimum Gasteiger partial charge on any atom is -0.394 e. The maximum Gasteiger partial charge on any atom is 0.103 e. The summed E-state index contributed by atoms with van der Waals surface area (Å²) in [6.07, 6.45) is 2.58. The molecule has 0 heterocycles. The lowest BCUT2D eigenvalue weighted by molar-refractivity contribution is -0.0416. The first-order chi connectivity index (χ1) is 5.25. The Morgan fingerprint density at radius 1 is 1.18 bits per heavy atom. The fraction of sp³-hybridized carbons (Fsp3) is 1.00. The molecule has 1 aliphatic carbocycles. The van der Waals surface area contributed by atoms with Crippen LogP contribution >= 0.6 is 0 Å². The van der Waals surface area contributed by atoms with E-state index in [0.717, 1.165) is 25.7 Å². The summed E-state index contributed by atoms with van der Waals surface area (Å²) in [6.45, 7) is -0.336. The van der Waals surface area contributed by atoms with Gasteiger partial charge in [-0.15, -0.1) is 0 Å². The maximum absolute atomic E-state index is 9.41. The molecule has 0 bridgehead atoms. The molecule has 2 atom stereocenters. The van der Waals surface area contributed by atoms with Gasteiger partial charge in [-0.3, -0.25) is 0 Å².